The molecule has 3 aromatic rings. The number of sulfonamides is 1. The Morgan fingerprint density at radius 2 is 1.58 bits per heavy atom. The molecule has 2 N–H and O–H groups in total. The lowest BCUT2D eigenvalue weighted by Gasteiger charge is -2.34. The Morgan fingerprint density at radius 1 is 1.00 bits per heavy atom. The van der Waals surface area contributed by atoms with Gasteiger partial charge in [-0.3, -0.25) is 4.79 Å². The summed E-state index contributed by atoms with van der Waals surface area (Å²) in [4.78, 5) is 24.2. The molecule has 15 heteroatoms. The average Bonchev–Trinajstić information content (AvgIpc) is 3.39. The van der Waals surface area contributed by atoms with E-state index in [0.717, 1.165) is 6.92 Å². The molecule has 3 aromatic carbocycles. The molecule has 1 heterocycles. The van der Waals surface area contributed by atoms with Crippen molar-refractivity contribution in [3.63, 3.8) is 0 Å². The minimum absolute atomic E-state index is 0.0254. The van der Waals surface area contributed by atoms with Gasteiger partial charge in [0.1, 0.15) is 11.6 Å². The zero-order valence-electron chi connectivity index (χ0n) is 23.4. The fraction of sp³-hybridized carbons (Fsp3) is 0.300. The van der Waals surface area contributed by atoms with Crippen LogP contribution >= 0.6 is 0 Å². The molecule has 4 rings (SSSR count). The van der Waals surface area contributed by atoms with Crippen molar-refractivity contribution < 1.29 is 49.5 Å². The summed E-state index contributed by atoms with van der Waals surface area (Å²) in [6.45, 7) is 0.721. The first-order chi connectivity index (χ1) is 20.9. The van der Waals surface area contributed by atoms with Gasteiger partial charge in [0.05, 0.1) is 27.7 Å². The maximum absolute atomic E-state index is 13.5. The van der Waals surface area contributed by atoms with E-state index in [4.69, 9.17) is 0 Å². The fourth-order valence-electron chi connectivity index (χ4n) is 5.16. The Kier molecular flexibility index (Phi) is 9.05. The Hall–Kier alpha value is -4.42. The number of aliphatic carboxylic acids is 1. The largest absolute Gasteiger partial charge is 0.480 e. The van der Waals surface area contributed by atoms with Crippen LogP contribution in [0.4, 0.5) is 26.3 Å². The molecular formula is C30H25F6N3O5S. The maximum Gasteiger partial charge on any atom is 0.416 e. The van der Waals surface area contributed by atoms with Crippen molar-refractivity contribution in [3.05, 3.63) is 89.0 Å². The third-order valence-electron chi connectivity index (χ3n) is 7.57. The summed E-state index contributed by atoms with van der Waals surface area (Å²) in [6.07, 6.45) is -11.0. The highest BCUT2D eigenvalue weighted by atomic mass is 32.2. The number of carboxylic acid groups (broad SMARTS) is 1. The summed E-state index contributed by atoms with van der Waals surface area (Å²) in [5.41, 5.74) is -3.49. The third-order valence-corrected chi connectivity index (χ3v) is 9.57. The molecular weight excluding hydrogens is 628 g/mol. The summed E-state index contributed by atoms with van der Waals surface area (Å²) >= 11 is 0. The lowest BCUT2D eigenvalue weighted by Crippen LogP contribution is -2.58. The number of alkyl halides is 6. The number of rotatable bonds is 8. The smallest absolute Gasteiger partial charge is 0.416 e. The van der Waals surface area contributed by atoms with Crippen LogP contribution in [0, 0.1) is 11.3 Å². The van der Waals surface area contributed by atoms with Crippen molar-refractivity contribution in [2.24, 2.45) is 0 Å². The Balaban J connectivity index is 1.60. The number of nitrogens with one attached hydrogen (secondary N) is 1. The van der Waals surface area contributed by atoms with E-state index in [1.165, 1.54) is 0 Å². The second-order valence-corrected chi connectivity index (χ2v) is 12.5. The van der Waals surface area contributed by atoms with Crippen LogP contribution < -0.4 is 5.32 Å². The molecule has 0 spiro atoms. The van der Waals surface area contributed by atoms with Gasteiger partial charge in [-0.1, -0.05) is 42.5 Å². The molecule has 2 atom stereocenters. The van der Waals surface area contributed by atoms with Crippen molar-refractivity contribution in [1.29, 1.82) is 5.26 Å². The minimum Gasteiger partial charge on any atom is -0.480 e. The predicted molar refractivity (Wildman–Crippen MR) is 148 cm³/mol. The quantitative estimate of drug-likeness (QED) is 0.304. The van der Waals surface area contributed by atoms with Crippen LogP contribution in [-0.2, 0) is 38.4 Å². The van der Waals surface area contributed by atoms with Gasteiger partial charge in [0.2, 0.25) is 15.9 Å². The van der Waals surface area contributed by atoms with Gasteiger partial charge >= 0.3 is 18.3 Å². The molecule has 0 aromatic heterocycles. The molecule has 1 fully saturated rings. The summed E-state index contributed by atoms with van der Waals surface area (Å²) in [5, 5.41) is 21.5. The second-order valence-electron chi connectivity index (χ2n) is 10.6. The van der Waals surface area contributed by atoms with Crippen LogP contribution in [0.2, 0.25) is 0 Å². The normalized spacial score (nSPS) is 18.3. The van der Waals surface area contributed by atoms with Crippen LogP contribution in [0.25, 0.3) is 11.1 Å². The maximum atomic E-state index is 13.5. The second kappa shape index (κ2) is 12.2. The number of carboxylic acids is 1. The number of benzene rings is 3. The van der Waals surface area contributed by atoms with E-state index in [0.29, 0.717) is 26.6 Å². The minimum atomic E-state index is -5.30. The number of amides is 1. The van der Waals surface area contributed by atoms with Crippen molar-refractivity contribution in [2.75, 3.05) is 6.54 Å². The number of nitrogens with zero attached hydrogens (tertiary/aromatic N) is 2. The first kappa shape index (κ1) is 33.5. The standard InChI is InChI=1S/C30H25F6N3O5S/c1-28(11-4-12-39(28)45(43,44)23-15-21(29(31,32)33)14-22(16-23)30(34,35)36)27(42)38-25(26(40)41)13-18-7-9-19(10-8-18)24-6-3-2-5-20(24)17-37/h2-3,5-10,14-16,25H,4,11-13H2,1H3,(H,38,42)(H,40,41)/t25?,28-/m0/s1. The van der Waals surface area contributed by atoms with Gasteiger partial charge in [-0.15, -0.1) is 0 Å². The van der Waals surface area contributed by atoms with Crippen molar-refractivity contribution in [1.82, 2.24) is 9.62 Å². The van der Waals surface area contributed by atoms with Crippen LogP contribution in [0.5, 0.6) is 0 Å². The van der Waals surface area contributed by atoms with Crippen molar-refractivity contribution in [2.45, 2.75) is 55.0 Å². The van der Waals surface area contributed by atoms with Crippen LogP contribution in [0.3, 0.4) is 0 Å². The number of hydrogen-bond donors (Lipinski definition) is 2. The molecule has 0 radical (unpaired) electrons. The summed E-state index contributed by atoms with van der Waals surface area (Å²) in [7, 11) is -5.11. The lowest BCUT2D eigenvalue weighted by atomic mass is 9.96. The molecule has 0 aliphatic carbocycles. The molecule has 1 unspecified atom stereocenters. The number of carbonyl (C=O) groups excluding carboxylic acids is 1. The highest BCUT2D eigenvalue weighted by Crippen LogP contribution is 2.40. The molecule has 1 saturated heterocycles. The number of carbonyl (C=O) groups is 2. The Morgan fingerprint density at radius 3 is 2.11 bits per heavy atom. The van der Waals surface area contributed by atoms with E-state index >= 15 is 0 Å². The summed E-state index contributed by atoms with van der Waals surface area (Å²) in [5.74, 6) is -2.55. The van der Waals surface area contributed by atoms with Gasteiger partial charge in [-0.05, 0) is 60.7 Å². The molecule has 1 amide bonds. The van der Waals surface area contributed by atoms with Gasteiger partial charge in [0, 0.05) is 13.0 Å². The van der Waals surface area contributed by atoms with E-state index in [-0.39, 0.29) is 37.5 Å². The van der Waals surface area contributed by atoms with E-state index in [2.05, 4.69) is 11.4 Å². The van der Waals surface area contributed by atoms with Crippen molar-refractivity contribution >= 4 is 21.9 Å². The summed E-state index contributed by atoms with van der Waals surface area (Å²) in [6, 6.07) is 13.7. The highest BCUT2D eigenvalue weighted by molar-refractivity contribution is 7.89. The van der Waals surface area contributed by atoms with Gasteiger partial charge in [0.25, 0.3) is 0 Å². The van der Waals surface area contributed by atoms with Crippen LogP contribution in [-0.4, -0.2) is 47.8 Å². The van der Waals surface area contributed by atoms with Crippen molar-refractivity contribution in [3.8, 4) is 17.2 Å². The van der Waals surface area contributed by atoms with Gasteiger partial charge in [-0.25, -0.2) is 13.2 Å². The molecule has 1 aliphatic rings. The number of halogens is 6. The topological polar surface area (TPSA) is 128 Å². The molecule has 1 aliphatic heterocycles. The van der Waals surface area contributed by atoms with Gasteiger partial charge < -0.3 is 10.4 Å². The van der Waals surface area contributed by atoms with E-state index in [1.807, 2.05) is 0 Å². The zero-order valence-corrected chi connectivity index (χ0v) is 24.2. The first-order valence-electron chi connectivity index (χ1n) is 13.3. The van der Waals surface area contributed by atoms with Crippen LogP contribution in [0.1, 0.15) is 42.0 Å². The van der Waals surface area contributed by atoms with Gasteiger partial charge in [-0.2, -0.15) is 35.9 Å². The summed E-state index contributed by atoms with van der Waals surface area (Å²) < 4.78 is 108. The SMILES string of the molecule is C[C@@]1(C(=O)NC(Cc2ccc(-c3ccccc3C#N)cc2)C(=O)O)CCCN1S(=O)(=O)c1cc(C(F)(F)F)cc(C(F)(F)F)c1. The van der Waals surface area contributed by atoms with E-state index < -0.39 is 68.4 Å². The Bertz CT molecular complexity index is 1740. The molecule has 0 bridgehead atoms. The fourth-order valence-corrected chi connectivity index (χ4v) is 7.04. The molecule has 8 nitrogen and oxygen atoms in total. The average molecular weight is 654 g/mol. The predicted octanol–water partition coefficient (Wildman–Crippen LogP) is 5.62. The first-order valence-corrected chi connectivity index (χ1v) is 14.8. The third kappa shape index (κ3) is 6.97. The van der Waals surface area contributed by atoms with Crippen LogP contribution in [0.15, 0.2) is 71.6 Å². The molecule has 0 saturated carbocycles. The molecule has 45 heavy (non-hydrogen) atoms. The Labute approximate surface area is 253 Å². The number of nitriles is 1. The van der Waals surface area contributed by atoms with E-state index in [9.17, 15) is 54.7 Å². The van der Waals surface area contributed by atoms with Gasteiger partial charge in [0.15, 0.2) is 0 Å². The number of hydrogen-bond acceptors (Lipinski definition) is 5. The van der Waals surface area contributed by atoms with E-state index in [1.54, 1.807) is 48.5 Å². The monoisotopic (exact) mass is 653 g/mol. The highest BCUT2D eigenvalue weighted by Gasteiger charge is 2.51. The zero-order chi connectivity index (χ0) is 33.4. The molecule has 238 valence electrons. The lowest BCUT2D eigenvalue weighted by molar-refractivity contribution is -0.143.